The SMILES string of the molecule is C.C=CC1CN2CCC1CC2[C@@H](O)c1cc(-c2ccc(Oc3ccccc3)cc2)nc2ccc(OC)cc12.C=C[C@@H](CCl)[C@H]1CCN2C(=O)S[C@H](c3cc(Oc4ccccc4)ccc3-c3ccc4cc(C)ccc4c3)[C@@H]2C1.S=C(Cl)Oc1ccccc1.c1ccc(Oc2ccccc2)cc1. The molecule has 5 saturated heterocycles. The molecule has 5 aliphatic rings. The van der Waals surface area contributed by atoms with Gasteiger partial charge in [0.1, 0.15) is 46.0 Å². The standard InChI is InChI=1S/C34H32ClNO2S.C32H32N2O3.C12H10O.C7H5ClOS.CH4/c1-3-23(21-35)26-15-16-36-32(19-26)33(39-34(36)37)31-20-29(38-28-7-5-4-6-8-28)13-14-30(31)27-12-11-24-17-22(2)9-10-25(24)18-27;1-3-21-20-34-16-15-23(21)17-31(34)32(35)28-19-30(33-29-14-13-26(36-2)18-27(28)29)22-9-11-25(12-10-22)37-24-7-5-4-6-8-24;1-3-7-11(8-4-1)13-12-9-5-2-6-10-12;8-7(10)9-6-4-2-1-3-5-6;/h3-14,17-18,20,23,26,32-33H,1,15-16,19,21H2,2H3;3-14,18-19,21,23,31-32,35H,1,15-17,20H2,2H3;1-10H;1-5H;1H4/t23-,26-,32-,33+;21?,23?,31?,32-;;;/m00.../s1. The third-order valence-electron chi connectivity index (χ3n) is 18.9. The van der Waals surface area contributed by atoms with Gasteiger partial charge in [0.25, 0.3) is 9.75 Å². The van der Waals surface area contributed by atoms with E-state index in [-0.39, 0.29) is 40.4 Å². The summed E-state index contributed by atoms with van der Waals surface area (Å²) in [7, 11) is 1.67. The Balaban J connectivity index is 0.000000152. The number of rotatable bonds is 17. The molecule has 0 saturated carbocycles. The van der Waals surface area contributed by atoms with Crippen molar-refractivity contribution in [3.05, 3.63) is 297 Å². The number of amides is 1. The zero-order chi connectivity index (χ0) is 68.6. The van der Waals surface area contributed by atoms with Crippen LogP contribution in [0, 0.1) is 30.6 Å². The highest BCUT2D eigenvalue weighted by Crippen LogP contribution is 2.52. The monoisotopic (exact) mass is 1400 g/mol. The first kappa shape index (κ1) is 72.0. The minimum Gasteiger partial charge on any atom is -0.497 e. The smallest absolute Gasteiger partial charge is 0.282 e. The van der Waals surface area contributed by atoms with Crippen molar-refractivity contribution < 1.29 is 33.6 Å². The molecule has 0 aliphatic carbocycles. The van der Waals surface area contributed by atoms with Gasteiger partial charge in [-0.3, -0.25) is 9.69 Å². The zero-order valence-corrected chi connectivity index (χ0v) is 58.5. The first-order chi connectivity index (χ1) is 48.4. The summed E-state index contributed by atoms with van der Waals surface area (Å²) >= 11 is 17.6. The molecule has 6 heterocycles. The van der Waals surface area contributed by atoms with Gasteiger partial charge < -0.3 is 33.7 Å². The van der Waals surface area contributed by atoms with E-state index in [1.54, 1.807) is 19.2 Å². The molecule has 1 N–H and O–H groups in total. The average molecular weight is 1410 g/mol. The van der Waals surface area contributed by atoms with Crippen molar-refractivity contribution >= 4 is 78.6 Å². The number of ether oxygens (including phenoxy) is 5. The van der Waals surface area contributed by atoms with Gasteiger partial charge >= 0.3 is 0 Å². The third-order valence-corrected chi connectivity index (χ3v) is 20.7. The van der Waals surface area contributed by atoms with Crippen molar-refractivity contribution in [2.75, 3.05) is 32.6 Å². The summed E-state index contributed by atoms with van der Waals surface area (Å²) in [6.07, 6.45) is 7.50. The van der Waals surface area contributed by atoms with Gasteiger partial charge in [-0.15, -0.1) is 24.8 Å². The third kappa shape index (κ3) is 18.0. The van der Waals surface area contributed by atoms with Crippen LogP contribution in [0.2, 0.25) is 0 Å². The van der Waals surface area contributed by atoms with E-state index in [9.17, 15) is 9.90 Å². The van der Waals surface area contributed by atoms with Crippen LogP contribution >= 0.6 is 47.2 Å². The predicted molar refractivity (Wildman–Crippen MR) is 416 cm³/mol. The molecule has 5 fully saturated rings. The van der Waals surface area contributed by atoms with E-state index in [0.29, 0.717) is 29.4 Å². The number of para-hydroxylation sites is 5. The molecule has 4 unspecified atom stereocenters. The van der Waals surface area contributed by atoms with Crippen LogP contribution in [0.25, 0.3) is 44.1 Å². The van der Waals surface area contributed by atoms with Gasteiger partial charge in [0.05, 0.1) is 29.7 Å². The van der Waals surface area contributed by atoms with E-state index >= 15 is 0 Å². The van der Waals surface area contributed by atoms with Gasteiger partial charge in [-0.1, -0.05) is 164 Å². The molecule has 16 rings (SSSR count). The normalized spacial score (nSPS) is 19.2. The van der Waals surface area contributed by atoms with Gasteiger partial charge in [0.15, 0.2) is 0 Å². The minimum atomic E-state index is -0.620. The summed E-state index contributed by atoms with van der Waals surface area (Å²) < 4.78 is 28.3. The van der Waals surface area contributed by atoms with Crippen LogP contribution in [0.1, 0.15) is 61.2 Å². The van der Waals surface area contributed by atoms with Gasteiger partial charge in [0.2, 0.25) is 0 Å². The van der Waals surface area contributed by atoms with Gasteiger partial charge in [-0.2, -0.15) is 0 Å². The van der Waals surface area contributed by atoms with Crippen molar-refractivity contribution in [1.29, 1.82) is 0 Å². The summed E-state index contributed by atoms with van der Waals surface area (Å²) in [5.74, 6) is 8.65. The number of halogens is 2. The number of piperidine rings is 4. The number of aliphatic hydroxyl groups excluding tert-OH is 1. The lowest BCUT2D eigenvalue weighted by Crippen LogP contribution is -2.54. The van der Waals surface area contributed by atoms with E-state index in [0.717, 1.165) is 124 Å². The quantitative estimate of drug-likeness (QED) is 0.0408. The van der Waals surface area contributed by atoms with E-state index in [1.807, 2.05) is 200 Å². The molecule has 100 heavy (non-hydrogen) atoms. The number of aryl methyl sites for hydroxylation is 1. The Morgan fingerprint density at radius 2 is 1.19 bits per heavy atom. The second kappa shape index (κ2) is 34.7. The fourth-order valence-corrected chi connectivity index (χ4v) is 15.7. The van der Waals surface area contributed by atoms with Gasteiger partial charge in [-0.05, 0) is 247 Å². The molecule has 10 aromatic carbocycles. The Bertz CT molecular complexity index is 4480. The summed E-state index contributed by atoms with van der Waals surface area (Å²) in [4.78, 5) is 22.7. The molecule has 14 heteroatoms. The number of methoxy groups -OCH3 is 1. The lowest BCUT2D eigenvalue weighted by Gasteiger charge is -2.50. The number of benzene rings is 10. The first-order valence-corrected chi connectivity index (χ1v) is 35.7. The largest absolute Gasteiger partial charge is 0.497 e. The number of allylic oxidation sites excluding steroid dienone is 1. The van der Waals surface area contributed by atoms with Crippen LogP contribution in [0.3, 0.4) is 0 Å². The van der Waals surface area contributed by atoms with Crippen LogP contribution in [0.15, 0.2) is 280 Å². The maximum atomic E-state index is 13.2. The summed E-state index contributed by atoms with van der Waals surface area (Å²) in [5.41, 5.74) is 8.24. The second-order valence-corrected chi connectivity index (χ2v) is 27.5. The Kier molecular flexibility index (Phi) is 25.0. The number of carbonyl (C=O) groups is 1. The maximum absolute atomic E-state index is 13.2. The lowest BCUT2D eigenvalue weighted by molar-refractivity contribution is -0.0444. The minimum absolute atomic E-state index is 0. The van der Waals surface area contributed by atoms with Crippen LogP contribution in [-0.2, 0) is 0 Å². The fourth-order valence-electron chi connectivity index (χ4n) is 13.8. The molecule has 0 spiro atoms. The number of aliphatic hydroxyl groups is 1. The molecule has 1 aromatic heterocycles. The van der Waals surface area contributed by atoms with Crippen molar-refractivity contribution in [1.82, 2.24) is 14.8 Å². The number of thiocarbonyl (C=S) groups is 1. The van der Waals surface area contributed by atoms with E-state index in [4.69, 9.17) is 51.9 Å². The molecule has 9 atom stereocenters. The van der Waals surface area contributed by atoms with Crippen LogP contribution in [0.5, 0.6) is 46.0 Å². The van der Waals surface area contributed by atoms with E-state index in [1.165, 1.54) is 34.5 Å². The average Bonchev–Trinajstić information content (AvgIpc) is 1.76. The summed E-state index contributed by atoms with van der Waals surface area (Å²) in [6, 6.07) is 83.9. The number of aromatic nitrogens is 1. The van der Waals surface area contributed by atoms with Crippen LogP contribution in [0.4, 0.5) is 4.79 Å². The van der Waals surface area contributed by atoms with Crippen molar-refractivity contribution in [2.45, 2.75) is 63.5 Å². The Morgan fingerprint density at radius 1 is 0.640 bits per heavy atom. The zero-order valence-electron chi connectivity index (χ0n) is 55.4. The molecule has 11 aromatic rings. The lowest BCUT2D eigenvalue weighted by atomic mass is 9.73. The van der Waals surface area contributed by atoms with E-state index < -0.39 is 6.10 Å². The molecule has 2 bridgehead atoms. The van der Waals surface area contributed by atoms with E-state index in [2.05, 4.69) is 96.7 Å². The first-order valence-electron chi connectivity index (χ1n) is 33.5. The summed E-state index contributed by atoms with van der Waals surface area (Å²) in [6.45, 7) is 13.0. The highest BCUT2D eigenvalue weighted by molar-refractivity contribution is 8.14. The highest BCUT2D eigenvalue weighted by Gasteiger charge is 2.47. The summed E-state index contributed by atoms with van der Waals surface area (Å²) in [5, 5.41) is 15.4. The number of hydrogen-bond acceptors (Lipinski definition) is 11. The highest BCUT2D eigenvalue weighted by atomic mass is 35.5. The van der Waals surface area contributed by atoms with Crippen molar-refractivity contribution in [2.24, 2.45) is 23.7 Å². The van der Waals surface area contributed by atoms with Crippen LogP contribution in [-0.4, -0.2) is 74.3 Å². The topological polar surface area (TPSA) is 103 Å². The number of thioether (sulfide) groups is 1. The van der Waals surface area contributed by atoms with Crippen molar-refractivity contribution in [3.63, 3.8) is 0 Å². The Hall–Kier alpha value is -9.24. The predicted octanol–water partition coefficient (Wildman–Crippen LogP) is 23.0. The Morgan fingerprint density at radius 3 is 1.75 bits per heavy atom. The number of carbonyl (C=O) groups excluding carboxylic acids is 1. The molecule has 5 aliphatic heterocycles. The maximum Gasteiger partial charge on any atom is 0.282 e. The van der Waals surface area contributed by atoms with Crippen molar-refractivity contribution in [3.8, 4) is 68.4 Å². The molecular formula is C86H83Cl2N3O7S2. The number of hydrogen-bond donors (Lipinski definition) is 1. The second-order valence-electron chi connectivity index (χ2n) is 25.1. The van der Waals surface area contributed by atoms with Gasteiger partial charge in [0, 0.05) is 42.0 Å². The molecular weight excluding hydrogens is 1320 g/mol. The number of fused-ring (bicyclic) bond motifs is 6. The molecule has 510 valence electrons. The molecule has 10 nitrogen and oxygen atoms in total. The number of alkyl halides is 1. The molecule has 0 radical (unpaired) electrons. The number of nitrogens with zero attached hydrogens (tertiary/aromatic N) is 3. The molecule has 1 amide bonds. The van der Waals surface area contributed by atoms with Gasteiger partial charge in [-0.25, -0.2) is 4.98 Å². The fraction of sp³-hybridized carbons (Fsp3) is 0.221. The number of pyridine rings is 1. The van der Waals surface area contributed by atoms with Crippen LogP contribution < -0.4 is 23.7 Å². The Labute approximate surface area is 607 Å².